The van der Waals surface area contributed by atoms with Gasteiger partial charge in [-0.25, -0.2) is 13.8 Å². The number of hydrogen-bond acceptors (Lipinski definition) is 3. The van der Waals surface area contributed by atoms with Crippen molar-refractivity contribution in [2.45, 2.75) is 12.3 Å². The molecule has 2 rings (SSSR count). The fourth-order valence-electron chi connectivity index (χ4n) is 1.31. The Morgan fingerprint density at radius 1 is 1.35 bits per heavy atom. The fourth-order valence-corrected chi connectivity index (χ4v) is 2.10. The van der Waals surface area contributed by atoms with Crippen molar-refractivity contribution in [2.24, 2.45) is 0 Å². The van der Waals surface area contributed by atoms with Crippen LogP contribution in [0.4, 0.5) is 23.4 Å². The average Bonchev–Trinajstić information content (AvgIpc) is 2.74. The third-order valence-corrected chi connectivity index (χ3v) is 3.07. The maximum Gasteiger partial charge on any atom is 0.324 e. The van der Waals surface area contributed by atoms with E-state index >= 15 is 0 Å². The van der Waals surface area contributed by atoms with E-state index in [4.69, 9.17) is 0 Å². The van der Waals surface area contributed by atoms with Crippen LogP contribution >= 0.6 is 11.3 Å². The highest BCUT2D eigenvalue weighted by Crippen LogP contribution is 2.28. The zero-order valence-corrected chi connectivity index (χ0v) is 9.28. The number of hydrogen-bond donors (Lipinski definition) is 1. The number of halogens is 4. The Balaban J connectivity index is 2.17. The van der Waals surface area contributed by atoms with Gasteiger partial charge in [0.25, 0.3) is 0 Å². The fraction of sp³-hybridized carbons (Fsp3) is 0.300. The van der Waals surface area contributed by atoms with Gasteiger partial charge in [-0.1, -0.05) is 0 Å². The second kappa shape index (κ2) is 4.48. The highest BCUT2D eigenvalue weighted by molar-refractivity contribution is 7.17. The Hall–Kier alpha value is -1.37. The third kappa shape index (κ3) is 2.49. The molecule has 2 heterocycles. The quantitative estimate of drug-likeness (QED) is 0.853. The van der Waals surface area contributed by atoms with E-state index in [9.17, 15) is 17.6 Å². The molecule has 0 saturated carbocycles. The van der Waals surface area contributed by atoms with Crippen LogP contribution < -0.4 is 5.32 Å². The molecule has 1 N–H and O–H groups in total. The summed E-state index contributed by atoms with van der Waals surface area (Å²) in [5, 5.41) is 4.70. The standard InChI is InChI=1S/C10H8F4N2S/c11-9(12)10(13,14)5-16-8-6-2-4-17-7(6)1-3-15-8/h1-4,9H,5H2,(H,15,16). The van der Waals surface area contributed by atoms with Gasteiger partial charge in [-0.05, 0) is 17.5 Å². The van der Waals surface area contributed by atoms with Crippen molar-refractivity contribution in [1.29, 1.82) is 0 Å². The van der Waals surface area contributed by atoms with Gasteiger partial charge in [0.15, 0.2) is 0 Å². The van der Waals surface area contributed by atoms with Gasteiger partial charge in [0.2, 0.25) is 0 Å². The summed E-state index contributed by atoms with van der Waals surface area (Å²) in [6.45, 7) is -1.13. The van der Waals surface area contributed by atoms with Gasteiger partial charge in [0.1, 0.15) is 5.82 Å². The van der Waals surface area contributed by atoms with E-state index in [1.165, 1.54) is 17.5 Å². The molecule has 92 valence electrons. The maximum atomic E-state index is 12.7. The predicted molar refractivity (Wildman–Crippen MR) is 59.1 cm³/mol. The molecule has 7 heteroatoms. The number of aromatic nitrogens is 1. The number of nitrogens with zero attached hydrogens (tertiary/aromatic N) is 1. The van der Waals surface area contributed by atoms with Gasteiger partial charge in [-0.2, -0.15) is 8.78 Å². The molecule has 0 spiro atoms. The van der Waals surface area contributed by atoms with Gasteiger partial charge >= 0.3 is 12.3 Å². The van der Waals surface area contributed by atoms with Crippen molar-refractivity contribution in [3.8, 4) is 0 Å². The summed E-state index contributed by atoms with van der Waals surface area (Å²) in [7, 11) is 0. The monoisotopic (exact) mass is 264 g/mol. The van der Waals surface area contributed by atoms with E-state index in [0.717, 1.165) is 4.70 Å². The molecule has 0 radical (unpaired) electrons. The van der Waals surface area contributed by atoms with Crippen LogP contribution in [0, 0.1) is 0 Å². The van der Waals surface area contributed by atoms with E-state index in [1.807, 2.05) is 0 Å². The first kappa shape index (κ1) is 12.1. The number of rotatable bonds is 4. The van der Waals surface area contributed by atoms with Gasteiger partial charge in [-0.15, -0.1) is 11.3 Å². The molecule has 0 aromatic carbocycles. The normalized spacial score (nSPS) is 12.3. The summed E-state index contributed by atoms with van der Waals surface area (Å²) < 4.78 is 50.2. The summed E-state index contributed by atoms with van der Waals surface area (Å²) in [5.41, 5.74) is 0. The zero-order valence-electron chi connectivity index (χ0n) is 8.46. The van der Waals surface area contributed by atoms with Crippen molar-refractivity contribution in [2.75, 3.05) is 11.9 Å². The Morgan fingerprint density at radius 2 is 2.12 bits per heavy atom. The van der Waals surface area contributed by atoms with Crippen molar-refractivity contribution in [3.63, 3.8) is 0 Å². The predicted octanol–water partition coefficient (Wildman–Crippen LogP) is 3.61. The smallest absolute Gasteiger partial charge is 0.324 e. The molecule has 2 nitrogen and oxygen atoms in total. The number of pyridine rings is 1. The molecule has 0 fully saturated rings. The highest BCUT2D eigenvalue weighted by atomic mass is 32.1. The minimum Gasteiger partial charge on any atom is -0.363 e. The van der Waals surface area contributed by atoms with Crippen LogP contribution in [0.1, 0.15) is 0 Å². The van der Waals surface area contributed by atoms with Crippen LogP contribution in [-0.2, 0) is 0 Å². The van der Waals surface area contributed by atoms with E-state index in [2.05, 4.69) is 10.3 Å². The van der Waals surface area contributed by atoms with Gasteiger partial charge in [0, 0.05) is 16.3 Å². The van der Waals surface area contributed by atoms with Crippen LogP contribution in [0.15, 0.2) is 23.7 Å². The molecule has 0 aliphatic carbocycles. The largest absolute Gasteiger partial charge is 0.363 e. The molecule has 0 aliphatic rings. The van der Waals surface area contributed by atoms with Crippen LogP contribution in [-0.4, -0.2) is 23.9 Å². The van der Waals surface area contributed by atoms with Crippen molar-refractivity contribution >= 4 is 27.2 Å². The number of alkyl halides is 4. The average molecular weight is 264 g/mol. The number of thiophene rings is 1. The molecule has 2 aromatic rings. The number of anilines is 1. The Kier molecular flexibility index (Phi) is 3.19. The number of fused-ring (bicyclic) bond motifs is 1. The Morgan fingerprint density at radius 3 is 2.82 bits per heavy atom. The van der Waals surface area contributed by atoms with Crippen molar-refractivity contribution in [3.05, 3.63) is 23.7 Å². The summed E-state index contributed by atoms with van der Waals surface area (Å²) in [6, 6.07) is 3.44. The zero-order chi connectivity index (χ0) is 12.5. The molecule has 17 heavy (non-hydrogen) atoms. The molecule has 0 aliphatic heterocycles. The lowest BCUT2D eigenvalue weighted by atomic mass is 10.3. The van der Waals surface area contributed by atoms with E-state index < -0.39 is 18.9 Å². The van der Waals surface area contributed by atoms with Crippen LogP contribution in [0.5, 0.6) is 0 Å². The van der Waals surface area contributed by atoms with E-state index in [1.54, 1.807) is 17.5 Å². The van der Waals surface area contributed by atoms with Crippen molar-refractivity contribution in [1.82, 2.24) is 4.98 Å². The molecule has 0 saturated heterocycles. The van der Waals surface area contributed by atoms with Crippen LogP contribution in [0.25, 0.3) is 10.1 Å². The first-order chi connectivity index (χ1) is 8.00. The molecule has 2 aromatic heterocycles. The first-order valence-electron chi connectivity index (χ1n) is 4.73. The van der Waals surface area contributed by atoms with Gasteiger partial charge in [0.05, 0.1) is 6.54 Å². The lowest BCUT2D eigenvalue weighted by Gasteiger charge is -2.16. The molecular weight excluding hydrogens is 256 g/mol. The molecular formula is C10H8F4N2S. The SMILES string of the molecule is FC(F)C(F)(F)CNc1nccc2sccc12. The Bertz CT molecular complexity index is 512. The summed E-state index contributed by atoms with van der Waals surface area (Å²) in [5.74, 6) is -3.86. The highest BCUT2D eigenvalue weighted by Gasteiger charge is 2.40. The number of nitrogens with one attached hydrogen (secondary N) is 1. The van der Waals surface area contributed by atoms with E-state index in [-0.39, 0.29) is 5.82 Å². The van der Waals surface area contributed by atoms with Crippen LogP contribution in [0.2, 0.25) is 0 Å². The first-order valence-corrected chi connectivity index (χ1v) is 5.61. The molecule has 0 bridgehead atoms. The summed E-state index contributed by atoms with van der Waals surface area (Å²) >= 11 is 1.43. The summed E-state index contributed by atoms with van der Waals surface area (Å²) in [4.78, 5) is 3.86. The minimum absolute atomic E-state index is 0.198. The summed E-state index contributed by atoms with van der Waals surface area (Å²) in [6.07, 6.45) is -2.24. The van der Waals surface area contributed by atoms with Crippen molar-refractivity contribution < 1.29 is 17.6 Å². The van der Waals surface area contributed by atoms with Gasteiger partial charge < -0.3 is 5.32 Å². The van der Waals surface area contributed by atoms with Crippen LogP contribution in [0.3, 0.4) is 0 Å². The topological polar surface area (TPSA) is 24.9 Å². The molecule has 0 unspecified atom stereocenters. The maximum absolute atomic E-state index is 12.7. The lowest BCUT2D eigenvalue weighted by Crippen LogP contribution is -2.35. The second-order valence-electron chi connectivity index (χ2n) is 3.41. The third-order valence-electron chi connectivity index (χ3n) is 2.19. The molecule has 0 amide bonds. The second-order valence-corrected chi connectivity index (χ2v) is 4.35. The van der Waals surface area contributed by atoms with Gasteiger partial charge in [-0.3, -0.25) is 0 Å². The lowest BCUT2D eigenvalue weighted by molar-refractivity contribution is -0.117. The Labute approximate surface area is 98.3 Å². The minimum atomic E-state index is -4.06. The van der Waals surface area contributed by atoms with E-state index in [0.29, 0.717) is 5.39 Å². The molecule has 0 atom stereocenters.